The Morgan fingerprint density at radius 1 is 1.22 bits per heavy atom. The summed E-state index contributed by atoms with van der Waals surface area (Å²) in [4.78, 5) is 12.5. The van der Waals surface area contributed by atoms with Crippen molar-refractivity contribution in [3.05, 3.63) is 48.5 Å². The molecule has 3 rings (SSSR count). The van der Waals surface area contributed by atoms with Crippen molar-refractivity contribution in [2.75, 3.05) is 11.9 Å². The summed E-state index contributed by atoms with van der Waals surface area (Å²) in [5, 5.41) is 23.9. The van der Waals surface area contributed by atoms with Crippen LogP contribution in [0.25, 0.3) is 5.69 Å². The molecule has 2 N–H and O–H groups in total. The Morgan fingerprint density at radius 3 is 2.59 bits per heavy atom. The van der Waals surface area contributed by atoms with Crippen LogP contribution in [0, 0.1) is 0 Å². The van der Waals surface area contributed by atoms with E-state index in [1.165, 1.54) is 16.4 Å². The van der Waals surface area contributed by atoms with Crippen molar-refractivity contribution in [1.29, 1.82) is 0 Å². The number of rotatable bonds is 7. The monoisotopic (exact) mass is 385 g/mol. The van der Waals surface area contributed by atoms with Gasteiger partial charge < -0.3 is 15.2 Å². The number of thioether (sulfide) groups is 1. The maximum atomic E-state index is 12.5. The SMILES string of the molecule is CCOc1ccc(NC(=O)[C@@H](C)Sc2nnnn2-c2ccc(O)cc2)cc1. The molecule has 0 aliphatic heterocycles. The Bertz CT molecular complexity index is 896. The van der Waals surface area contributed by atoms with Gasteiger partial charge in [-0.25, -0.2) is 0 Å². The maximum Gasteiger partial charge on any atom is 0.237 e. The van der Waals surface area contributed by atoms with Crippen LogP contribution >= 0.6 is 11.8 Å². The predicted octanol–water partition coefficient (Wildman–Crippen LogP) is 2.89. The molecular weight excluding hydrogens is 366 g/mol. The summed E-state index contributed by atoms with van der Waals surface area (Å²) in [7, 11) is 0. The maximum absolute atomic E-state index is 12.5. The number of nitrogens with one attached hydrogen (secondary N) is 1. The standard InChI is InChI=1S/C18H19N5O3S/c1-3-26-16-10-4-13(5-11-16)19-17(25)12(2)27-18-20-21-22-23(18)14-6-8-15(24)9-7-14/h4-12,24H,3H2,1-2H3,(H,19,25)/t12-/m1/s1. The number of ether oxygens (including phenoxy) is 1. The highest BCUT2D eigenvalue weighted by Gasteiger charge is 2.19. The van der Waals surface area contributed by atoms with E-state index in [9.17, 15) is 9.90 Å². The van der Waals surface area contributed by atoms with Gasteiger partial charge >= 0.3 is 0 Å². The predicted molar refractivity (Wildman–Crippen MR) is 102 cm³/mol. The summed E-state index contributed by atoms with van der Waals surface area (Å²) in [6, 6.07) is 13.7. The highest BCUT2D eigenvalue weighted by Crippen LogP contribution is 2.25. The van der Waals surface area contributed by atoms with Crippen LogP contribution in [0.4, 0.5) is 5.69 Å². The van der Waals surface area contributed by atoms with Gasteiger partial charge in [-0.1, -0.05) is 11.8 Å². The molecule has 27 heavy (non-hydrogen) atoms. The van der Waals surface area contributed by atoms with Crippen molar-refractivity contribution in [3.63, 3.8) is 0 Å². The zero-order valence-corrected chi connectivity index (χ0v) is 15.7. The molecule has 1 heterocycles. The van der Waals surface area contributed by atoms with E-state index in [-0.39, 0.29) is 11.7 Å². The van der Waals surface area contributed by atoms with Crippen LogP contribution < -0.4 is 10.1 Å². The molecule has 2 aromatic carbocycles. The Balaban J connectivity index is 1.65. The molecule has 0 aliphatic carbocycles. The van der Waals surface area contributed by atoms with E-state index in [0.29, 0.717) is 23.1 Å². The second-order valence-electron chi connectivity index (χ2n) is 5.60. The van der Waals surface area contributed by atoms with Gasteiger partial charge in [-0.3, -0.25) is 4.79 Å². The second kappa shape index (κ2) is 8.54. The summed E-state index contributed by atoms with van der Waals surface area (Å²) in [5.41, 5.74) is 1.38. The van der Waals surface area contributed by atoms with Crippen molar-refractivity contribution in [2.24, 2.45) is 0 Å². The van der Waals surface area contributed by atoms with Crippen LogP contribution in [-0.2, 0) is 4.79 Å². The number of phenols is 1. The van der Waals surface area contributed by atoms with Gasteiger partial charge in [0.25, 0.3) is 0 Å². The highest BCUT2D eigenvalue weighted by molar-refractivity contribution is 8.00. The zero-order valence-electron chi connectivity index (χ0n) is 14.9. The molecule has 1 atom stereocenters. The van der Waals surface area contributed by atoms with E-state index in [0.717, 1.165) is 5.75 Å². The topological polar surface area (TPSA) is 102 Å². The molecule has 0 bridgehead atoms. The lowest BCUT2D eigenvalue weighted by molar-refractivity contribution is -0.115. The van der Waals surface area contributed by atoms with Crippen LogP contribution in [0.2, 0.25) is 0 Å². The molecule has 1 aromatic heterocycles. The number of phenolic OH excluding ortho intramolecular Hbond substituents is 1. The first-order valence-corrected chi connectivity index (χ1v) is 9.23. The molecule has 0 saturated carbocycles. The van der Waals surface area contributed by atoms with Crippen LogP contribution in [0.1, 0.15) is 13.8 Å². The molecular formula is C18H19N5O3S. The van der Waals surface area contributed by atoms with Gasteiger partial charge in [0, 0.05) is 5.69 Å². The van der Waals surface area contributed by atoms with E-state index in [1.807, 2.05) is 19.1 Å². The minimum atomic E-state index is -0.418. The molecule has 3 aromatic rings. The van der Waals surface area contributed by atoms with Crippen LogP contribution in [0.5, 0.6) is 11.5 Å². The number of tetrazole rings is 1. The summed E-state index contributed by atoms with van der Waals surface area (Å²) >= 11 is 1.24. The van der Waals surface area contributed by atoms with Gasteiger partial charge in [0.15, 0.2) is 0 Å². The average Bonchev–Trinajstić information content (AvgIpc) is 3.12. The molecule has 8 nitrogen and oxygen atoms in total. The summed E-state index contributed by atoms with van der Waals surface area (Å²) in [5.74, 6) is 0.750. The quantitative estimate of drug-likeness (QED) is 0.603. The van der Waals surface area contributed by atoms with Crippen LogP contribution in [0.15, 0.2) is 53.7 Å². The molecule has 9 heteroatoms. The van der Waals surface area contributed by atoms with Crippen LogP contribution in [-0.4, -0.2) is 43.1 Å². The number of hydrogen-bond acceptors (Lipinski definition) is 7. The van der Waals surface area contributed by atoms with Gasteiger partial charge in [-0.05, 0) is 72.8 Å². The first-order chi connectivity index (χ1) is 13.1. The molecule has 1 amide bonds. The number of benzene rings is 2. The second-order valence-corrected chi connectivity index (χ2v) is 6.90. The minimum Gasteiger partial charge on any atom is -0.508 e. The minimum absolute atomic E-state index is 0.157. The first-order valence-electron chi connectivity index (χ1n) is 8.35. The lowest BCUT2D eigenvalue weighted by Crippen LogP contribution is -2.22. The number of carbonyl (C=O) groups excluding carboxylic acids is 1. The van der Waals surface area contributed by atoms with E-state index in [4.69, 9.17) is 4.74 Å². The Morgan fingerprint density at radius 2 is 1.93 bits per heavy atom. The molecule has 0 aliphatic rings. The third-order valence-corrected chi connectivity index (χ3v) is 4.65. The Kier molecular flexibility index (Phi) is 5.92. The Labute approximate surface area is 160 Å². The number of carbonyl (C=O) groups is 1. The summed E-state index contributed by atoms with van der Waals surface area (Å²) in [6.07, 6.45) is 0. The number of nitrogens with zero attached hydrogens (tertiary/aromatic N) is 4. The van der Waals surface area contributed by atoms with Crippen molar-refractivity contribution < 1.29 is 14.6 Å². The van der Waals surface area contributed by atoms with Crippen LogP contribution in [0.3, 0.4) is 0 Å². The number of amides is 1. The number of anilines is 1. The summed E-state index contributed by atoms with van der Waals surface area (Å²) in [6.45, 7) is 4.29. The fraction of sp³-hybridized carbons (Fsp3) is 0.222. The molecule has 0 unspecified atom stereocenters. The molecule has 0 radical (unpaired) electrons. The van der Waals surface area contributed by atoms with Crippen molar-refractivity contribution in [3.8, 4) is 17.2 Å². The highest BCUT2D eigenvalue weighted by atomic mass is 32.2. The molecule has 140 valence electrons. The third kappa shape index (κ3) is 4.76. The Hall–Kier alpha value is -3.07. The van der Waals surface area contributed by atoms with Gasteiger partial charge in [0.1, 0.15) is 11.5 Å². The van der Waals surface area contributed by atoms with Crippen molar-refractivity contribution in [1.82, 2.24) is 20.2 Å². The van der Waals surface area contributed by atoms with E-state index in [2.05, 4.69) is 20.8 Å². The van der Waals surface area contributed by atoms with E-state index >= 15 is 0 Å². The van der Waals surface area contributed by atoms with E-state index in [1.54, 1.807) is 43.3 Å². The zero-order chi connectivity index (χ0) is 19.2. The van der Waals surface area contributed by atoms with Crippen molar-refractivity contribution >= 4 is 23.4 Å². The van der Waals surface area contributed by atoms with Crippen molar-refractivity contribution in [2.45, 2.75) is 24.3 Å². The number of aromatic nitrogens is 4. The molecule has 0 fully saturated rings. The fourth-order valence-electron chi connectivity index (χ4n) is 2.26. The lowest BCUT2D eigenvalue weighted by Gasteiger charge is -2.12. The van der Waals surface area contributed by atoms with Gasteiger partial charge in [-0.15, -0.1) is 5.10 Å². The van der Waals surface area contributed by atoms with Gasteiger partial charge in [-0.2, -0.15) is 4.68 Å². The number of aromatic hydroxyl groups is 1. The smallest absolute Gasteiger partial charge is 0.237 e. The first kappa shape index (κ1) is 18.7. The third-order valence-electron chi connectivity index (χ3n) is 3.62. The summed E-state index contributed by atoms with van der Waals surface area (Å²) < 4.78 is 6.91. The molecule has 0 saturated heterocycles. The number of hydrogen-bond donors (Lipinski definition) is 2. The largest absolute Gasteiger partial charge is 0.508 e. The lowest BCUT2D eigenvalue weighted by atomic mass is 10.3. The average molecular weight is 385 g/mol. The van der Waals surface area contributed by atoms with Gasteiger partial charge in [0.2, 0.25) is 11.1 Å². The molecule has 0 spiro atoms. The van der Waals surface area contributed by atoms with E-state index < -0.39 is 5.25 Å². The normalized spacial score (nSPS) is 11.8. The fourth-order valence-corrected chi connectivity index (χ4v) is 3.07. The van der Waals surface area contributed by atoms with Gasteiger partial charge in [0.05, 0.1) is 17.5 Å².